The molecular formula is C24H27Cl2N7O2S. The number of hydrogen-bond donors (Lipinski definition) is 3. The third-order valence-corrected chi connectivity index (χ3v) is 7.54. The lowest BCUT2D eigenvalue weighted by atomic mass is 10.1. The summed E-state index contributed by atoms with van der Waals surface area (Å²) < 4.78 is 2.90. The Bertz CT molecular complexity index is 1410. The minimum atomic E-state index is -0.298. The summed E-state index contributed by atoms with van der Waals surface area (Å²) in [5.41, 5.74) is 2.86. The van der Waals surface area contributed by atoms with Gasteiger partial charge in [-0.05, 0) is 56.3 Å². The van der Waals surface area contributed by atoms with Crippen LogP contribution in [0.3, 0.4) is 0 Å². The van der Waals surface area contributed by atoms with Gasteiger partial charge in [0.2, 0.25) is 11.9 Å². The van der Waals surface area contributed by atoms with E-state index < -0.39 is 0 Å². The van der Waals surface area contributed by atoms with Crippen LogP contribution in [0.5, 0.6) is 0 Å². The number of anilines is 2. The van der Waals surface area contributed by atoms with E-state index in [0.29, 0.717) is 46.3 Å². The first-order chi connectivity index (χ1) is 16.9. The summed E-state index contributed by atoms with van der Waals surface area (Å²) in [5, 5.41) is 10.6. The minimum absolute atomic E-state index is 0. The van der Waals surface area contributed by atoms with Gasteiger partial charge in [-0.1, -0.05) is 22.9 Å². The summed E-state index contributed by atoms with van der Waals surface area (Å²) in [6.45, 7) is 1.40. The molecule has 9 nitrogen and oxygen atoms in total. The fourth-order valence-electron chi connectivity index (χ4n) is 4.29. The smallest absolute Gasteiger partial charge is 0.251 e. The Hall–Kier alpha value is -2.92. The van der Waals surface area contributed by atoms with Crippen LogP contribution in [0, 0.1) is 0 Å². The number of benzene rings is 2. The van der Waals surface area contributed by atoms with Crippen molar-refractivity contribution in [3.8, 4) is 0 Å². The van der Waals surface area contributed by atoms with Crippen molar-refractivity contribution in [3.05, 3.63) is 47.0 Å². The fraction of sp³-hybridized carbons (Fsp3) is 0.333. The molecule has 4 aromatic rings. The van der Waals surface area contributed by atoms with Crippen molar-refractivity contribution in [2.45, 2.75) is 18.9 Å². The number of halogens is 2. The number of thiazole rings is 1. The van der Waals surface area contributed by atoms with Gasteiger partial charge in [-0.3, -0.25) is 9.59 Å². The van der Waals surface area contributed by atoms with Crippen molar-refractivity contribution in [2.75, 3.05) is 32.0 Å². The number of likely N-dealkylation sites (tertiary alicyclic amines) is 1. The molecule has 190 valence electrons. The summed E-state index contributed by atoms with van der Waals surface area (Å²) in [5.74, 6) is 0.256. The molecular weight excluding hydrogens is 521 g/mol. The minimum Gasteiger partial charge on any atom is -0.343 e. The number of hydrogen-bond acceptors (Lipinski definition) is 7. The number of imidazole rings is 1. The van der Waals surface area contributed by atoms with Crippen molar-refractivity contribution in [2.24, 2.45) is 7.05 Å². The maximum atomic E-state index is 12.7. The third kappa shape index (κ3) is 5.41. The van der Waals surface area contributed by atoms with Gasteiger partial charge in [-0.15, -0.1) is 12.4 Å². The summed E-state index contributed by atoms with van der Waals surface area (Å²) in [6, 6.07) is 11.4. The molecule has 1 aliphatic rings. The molecule has 0 saturated carbocycles. The summed E-state index contributed by atoms with van der Waals surface area (Å²) in [4.78, 5) is 36.3. The van der Waals surface area contributed by atoms with Gasteiger partial charge < -0.3 is 25.4 Å². The van der Waals surface area contributed by atoms with Crippen LogP contribution in [0.4, 0.5) is 11.1 Å². The van der Waals surface area contributed by atoms with Gasteiger partial charge in [0.1, 0.15) is 0 Å². The quantitative estimate of drug-likeness (QED) is 0.337. The van der Waals surface area contributed by atoms with Gasteiger partial charge in [0.05, 0.1) is 27.8 Å². The van der Waals surface area contributed by atoms with E-state index in [4.69, 9.17) is 11.6 Å². The standard InChI is InChI=1S/C24H26ClN7O2S.ClH/c1-26-16-7-9-32(10-8-16)21(33)13-27-22(34)14-3-6-19-18(11-14)28-23(31(19)2)30-24-29-17-5-4-15(25)12-20(17)35-24;/h3-6,11-12,16,26H,7-10,13H2,1-2H3,(H,27,34)(H,28,29,30);1H. The monoisotopic (exact) mass is 547 g/mol. The van der Waals surface area contributed by atoms with Crippen LogP contribution in [0.25, 0.3) is 21.3 Å². The molecule has 0 unspecified atom stereocenters. The van der Waals surface area contributed by atoms with Gasteiger partial charge in [-0.2, -0.15) is 0 Å². The molecule has 0 atom stereocenters. The lowest BCUT2D eigenvalue weighted by molar-refractivity contribution is -0.131. The lowest BCUT2D eigenvalue weighted by Gasteiger charge is -2.31. The zero-order valence-electron chi connectivity index (χ0n) is 19.9. The second-order valence-electron chi connectivity index (χ2n) is 8.58. The third-order valence-electron chi connectivity index (χ3n) is 6.37. The number of piperidine rings is 1. The molecule has 1 fully saturated rings. The molecule has 0 spiro atoms. The predicted octanol–water partition coefficient (Wildman–Crippen LogP) is 3.94. The van der Waals surface area contributed by atoms with Crippen LogP contribution in [0.2, 0.25) is 5.02 Å². The van der Waals surface area contributed by atoms with Crippen LogP contribution >= 0.6 is 35.3 Å². The molecule has 0 bridgehead atoms. The highest BCUT2D eigenvalue weighted by Crippen LogP contribution is 2.31. The molecule has 3 heterocycles. The van der Waals surface area contributed by atoms with E-state index in [1.54, 1.807) is 12.1 Å². The van der Waals surface area contributed by atoms with Gasteiger partial charge in [0, 0.05) is 36.8 Å². The zero-order valence-corrected chi connectivity index (χ0v) is 22.3. The van der Waals surface area contributed by atoms with Crippen LogP contribution in [-0.4, -0.2) is 64.0 Å². The maximum Gasteiger partial charge on any atom is 0.251 e. The molecule has 2 aromatic heterocycles. The molecule has 0 radical (unpaired) electrons. The lowest BCUT2D eigenvalue weighted by Crippen LogP contribution is -2.47. The first-order valence-corrected chi connectivity index (χ1v) is 12.6. The van der Waals surface area contributed by atoms with E-state index in [0.717, 1.165) is 28.6 Å². The number of aromatic nitrogens is 3. The molecule has 12 heteroatoms. The molecule has 1 saturated heterocycles. The average Bonchev–Trinajstić information content (AvgIpc) is 3.41. The van der Waals surface area contributed by atoms with E-state index in [-0.39, 0.29) is 30.8 Å². The average molecular weight is 549 g/mol. The van der Waals surface area contributed by atoms with E-state index >= 15 is 0 Å². The molecule has 2 amide bonds. The second kappa shape index (κ2) is 11.0. The SMILES string of the molecule is CNC1CCN(C(=O)CNC(=O)c2ccc3c(c2)nc(Nc2nc4ccc(Cl)cc4s2)n3C)CC1.Cl. The zero-order chi connectivity index (χ0) is 24.5. The summed E-state index contributed by atoms with van der Waals surface area (Å²) in [7, 11) is 3.84. The number of carbonyl (C=O) groups excluding carboxylic acids is 2. The van der Waals surface area contributed by atoms with Crippen molar-refractivity contribution < 1.29 is 9.59 Å². The predicted molar refractivity (Wildman–Crippen MR) is 147 cm³/mol. The van der Waals surface area contributed by atoms with E-state index in [9.17, 15) is 9.59 Å². The molecule has 36 heavy (non-hydrogen) atoms. The highest BCUT2D eigenvalue weighted by molar-refractivity contribution is 7.22. The van der Waals surface area contributed by atoms with Crippen LogP contribution in [0.15, 0.2) is 36.4 Å². The fourth-order valence-corrected chi connectivity index (χ4v) is 5.42. The first kappa shape index (κ1) is 26.2. The Balaban J connectivity index is 0.00000304. The second-order valence-corrected chi connectivity index (χ2v) is 10.0. The normalized spacial score (nSPS) is 14.1. The van der Waals surface area contributed by atoms with Crippen molar-refractivity contribution >= 4 is 79.5 Å². The van der Waals surface area contributed by atoms with Crippen LogP contribution in [-0.2, 0) is 11.8 Å². The Kier molecular flexibility index (Phi) is 7.99. The largest absolute Gasteiger partial charge is 0.343 e. The number of nitrogens with one attached hydrogen (secondary N) is 3. The highest BCUT2D eigenvalue weighted by atomic mass is 35.5. The number of fused-ring (bicyclic) bond motifs is 2. The Labute approximate surface area is 223 Å². The van der Waals surface area contributed by atoms with Gasteiger partial charge >= 0.3 is 0 Å². The molecule has 5 rings (SSSR count). The highest BCUT2D eigenvalue weighted by Gasteiger charge is 2.22. The van der Waals surface area contributed by atoms with E-state index in [2.05, 4.69) is 25.9 Å². The van der Waals surface area contributed by atoms with Gasteiger partial charge in [0.15, 0.2) is 5.13 Å². The molecule has 3 N–H and O–H groups in total. The Morgan fingerprint density at radius 1 is 1.11 bits per heavy atom. The number of aryl methyl sites for hydroxylation is 1. The number of carbonyl (C=O) groups is 2. The number of amides is 2. The first-order valence-electron chi connectivity index (χ1n) is 11.4. The van der Waals surface area contributed by atoms with Crippen molar-refractivity contribution in [3.63, 3.8) is 0 Å². The van der Waals surface area contributed by atoms with Crippen LogP contribution < -0.4 is 16.0 Å². The summed E-state index contributed by atoms with van der Waals surface area (Å²) in [6.07, 6.45) is 1.85. The van der Waals surface area contributed by atoms with Crippen molar-refractivity contribution in [1.82, 2.24) is 30.1 Å². The van der Waals surface area contributed by atoms with Gasteiger partial charge in [-0.25, -0.2) is 9.97 Å². The Morgan fingerprint density at radius 3 is 2.64 bits per heavy atom. The molecule has 1 aliphatic heterocycles. The number of rotatable bonds is 6. The van der Waals surface area contributed by atoms with Crippen LogP contribution in [0.1, 0.15) is 23.2 Å². The van der Waals surface area contributed by atoms with E-state index in [1.807, 2.05) is 47.8 Å². The molecule has 2 aromatic carbocycles. The Morgan fingerprint density at radius 2 is 1.89 bits per heavy atom. The summed E-state index contributed by atoms with van der Waals surface area (Å²) >= 11 is 7.57. The topological polar surface area (TPSA) is 104 Å². The molecule has 0 aliphatic carbocycles. The van der Waals surface area contributed by atoms with Gasteiger partial charge in [0.25, 0.3) is 5.91 Å². The number of nitrogens with zero attached hydrogens (tertiary/aromatic N) is 4. The van der Waals surface area contributed by atoms with E-state index in [1.165, 1.54) is 11.3 Å². The maximum absolute atomic E-state index is 12.7. The van der Waals surface area contributed by atoms with Crippen molar-refractivity contribution in [1.29, 1.82) is 0 Å².